The third-order valence-electron chi connectivity index (χ3n) is 3.02. The molecule has 0 spiro atoms. The number of nitrogens with two attached hydrogens (primary N) is 1. The maximum absolute atomic E-state index is 5.68. The van der Waals surface area contributed by atoms with Crippen LogP contribution in [0.5, 0.6) is 5.75 Å². The SMILES string of the molecule is Cc1ccc(C(NN)c2ccc(OC(C)C)cc2)cn1. The highest BCUT2D eigenvalue weighted by Crippen LogP contribution is 2.23. The van der Waals surface area contributed by atoms with Crippen molar-refractivity contribution in [3.8, 4) is 5.75 Å². The molecule has 1 unspecified atom stereocenters. The highest BCUT2D eigenvalue weighted by atomic mass is 16.5. The van der Waals surface area contributed by atoms with Gasteiger partial charge in [0.25, 0.3) is 0 Å². The molecule has 1 aromatic carbocycles. The smallest absolute Gasteiger partial charge is 0.119 e. The van der Waals surface area contributed by atoms with E-state index < -0.39 is 0 Å². The summed E-state index contributed by atoms with van der Waals surface area (Å²) in [5, 5.41) is 0. The van der Waals surface area contributed by atoms with E-state index in [9.17, 15) is 0 Å². The molecule has 3 N–H and O–H groups in total. The largest absolute Gasteiger partial charge is 0.491 e. The van der Waals surface area contributed by atoms with E-state index >= 15 is 0 Å². The van der Waals surface area contributed by atoms with Gasteiger partial charge >= 0.3 is 0 Å². The molecule has 0 amide bonds. The third-order valence-corrected chi connectivity index (χ3v) is 3.02. The number of hydrogen-bond donors (Lipinski definition) is 2. The molecule has 20 heavy (non-hydrogen) atoms. The summed E-state index contributed by atoms with van der Waals surface area (Å²) in [5.74, 6) is 6.55. The van der Waals surface area contributed by atoms with Crippen molar-refractivity contribution in [1.29, 1.82) is 0 Å². The number of nitrogens with zero attached hydrogens (tertiary/aromatic N) is 1. The fourth-order valence-corrected chi connectivity index (χ4v) is 2.05. The van der Waals surface area contributed by atoms with Gasteiger partial charge in [-0.2, -0.15) is 0 Å². The molecule has 0 bridgehead atoms. The Labute approximate surface area is 120 Å². The first-order valence-corrected chi connectivity index (χ1v) is 6.75. The van der Waals surface area contributed by atoms with E-state index in [0.717, 1.165) is 22.6 Å². The summed E-state index contributed by atoms with van der Waals surface area (Å²) in [5.41, 5.74) is 5.94. The van der Waals surface area contributed by atoms with E-state index in [1.165, 1.54) is 0 Å². The molecule has 0 aliphatic carbocycles. The van der Waals surface area contributed by atoms with Gasteiger partial charge in [-0.15, -0.1) is 0 Å². The molecular weight excluding hydrogens is 250 g/mol. The number of benzene rings is 1. The van der Waals surface area contributed by atoms with Gasteiger partial charge < -0.3 is 4.74 Å². The van der Waals surface area contributed by atoms with Crippen LogP contribution in [0.15, 0.2) is 42.6 Å². The van der Waals surface area contributed by atoms with Gasteiger partial charge in [0.1, 0.15) is 5.75 Å². The van der Waals surface area contributed by atoms with Crippen molar-refractivity contribution in [2.45, 2.75) is 32.9 Å². The molecule has 1 aromatic heterocycles. The van der Waals surface area contributed by atoms with Gasteiger partial charge in [0, 0.05) is 11.9 Å². The van der Waals surface area contributed by atoms with Crippen molar-refractivity contribution in [2.24, 2.45) is 5.84 Å². The Morgan fingerprint density at radius 3 is 2.20 bits per heavy atom. The molecule has 0 saturated heterocycles. The third kappa shape index (κ3) is 3.56. The summed E-state index contributed by atoms with van der Waals surface area (Å²) in [6.45, 7) is 5.99. The summed E-state index contributed by atoms with van der Waals surface area (Å²) in [6, 6.07) is 11.9. The number of pyridine rings is 1. The summed E-state index contributed by atoms with van der Waals surface area (Å²) in [4.78, 5) is 4.31. The molecule has 4 nitrogen and oxygen atoms in total. The Kier molecular flexibility index (Phi) is 4.71. The molecule has 0 fully saturated rings. The number of ether oxygens (including phenoxy) is 1. The van der Waals surface area contributed by atoms with Crippen LogP contribution in [0.25, 0.3) is 0 Å². The number of rotatable bonds is 5. The summed E-state index contributed by atoms with van der Waals surface area (Å²) in [7, 11) is 0. The molecule has 1 atom stereocenters. The highest BCUT2D eigenvalue weighted by molar-refractivity contribution is 5.34. The van der Waals surface area contributed by atoms with Crippen LogP contribution in [0.2, 0.25) is 0 Å². The van der Waals surface area contributed by atoms with E-state index in [-0.39, 0.29) is 12.1 Å². The van der Waals surface area contributed by atoms with E-state index in [2.05, 4.69) is 10.4 Å². The Bertz CT molecular complexity index is 535. The molecule has 2 rings (SSSR count). The number of hydrazine groups is 1. The van der Waals surface area contributed by atoms with Crippen LogP contribution in [0.3, 0.4) is 0 Å². The normalized spacial score (nSPS) is 12.4. The predicted octanol–water partition coefficient (Wildman–Crippen LogP) is 2.73. The van der Waals surface area contributed by atoms with Crippen LogP contribution in [0.1, 0.15) is 36.7 Å². The molecule has 0 saturated carbocycles. The van der Waals surface area contributed by atoms with Crippen molar-refractivity contribution in [3.05, 3.63) is 59.4 Å². The van der Waals surface area contributed by atoms with Gasteiger partial charge in [0.2, 0.25) is 0 Å². The van der Waals surface area contributed by atoms with Gasteiger partial charge in [-0.25, -0.2) is 5.43 Å². The second kappa shape index (κ2) is 6.50. The van der Waals surface area contributed by atoms with Crippen molar-refractivity contribution in [3.63, 3.8) is 0 Å². The van der Waals surface area contributed by atoms with E-state index in [4.69, 9.17) is 10.6 Å². The fourth-order valence-electron chi connectivity index (χ4n) is 2.05. The first-order chi connectivity index (χ1) is 9.60. The second-order valence-corrected chi connectivity index (χ2v) is 5.07. The Hall–Kier alpha value is -1.91. The quantitative estimate of drug-likeness (QED) is 0.648. The average molecular weight is 271 g/mol. The van der Waals surface area contributed by atoms with E-state index in [1.807, 2.05) is 63.4 Å². The zero-order valence-corrected chi connectivity index (χ0v) is 12.1. The zero-order chi connectivity index (χ0) is 14.5. The molecule has 106 valence electrons. The van der Waals surface area contributed by atoms with Crippen LogP contribution in [-0.4, -0.2) is 11.1 Å². The molecule has 0 aliphatic rings. The Balaban J connectivity index is 2.21. The lowest BCUT2D eigenvalue weighted by Gasteiger charge is -2.17. The van der Waals surface area contributed by atoms with Crippen molar-refractivity contribution >= 4 is 0 Å². The molecule has 0 aliphatic heterocycles. The molecule has 0 radical (unpaired) electrons. The van der Waals surface area contributed by atoms with Gasteiger partial charge in [0.15, 0.2) is 0 Å². The lowest BCUT2D eigenvalue weighted by Crippen LogP contribution is -2.28. The van der Waals surface area contributed by atoms with Crippen LogP contribution in [-0.2, 0) is 0 Å². The van der Waals surface area contributed by atoms with E-state index in [0.29, 0.717) is 0 Å². The molecule has 1 heterocycles. The first-order valence-electron chi connectivity index (χ1n) is 6.75. The summed E-state index contributed by atoms with van der Waals surface area (Å²) >= 11 is 0. The number of hydrogen-bond acceptors (Lipinski definition) is 4. The number of aryl methyl sites for hydroxylation is 1. The number of aromatic nitrogens is 1. The summed E-state index contributed by atoms with van der Waals surface area (Å²) < 4.78 is 5.64. The predicted molar refractivity (Wildman–Crippen MR) is 80.3 cm³/mol. The maximum atomic E-state index is 5.68. The second-order valence-electron chi connectivity index (χ2n) is 5.07. The Morgan fingerprint density at radius 1 is 1.05 bits per heavy atom. The van der Waals surface area contributed by atoms with Crippen LogP contribution >= 0.6 is 0 Å². The standard InChI is InChI=1S/C16H21N3O/c1-11(2)20-15-8-6-13(7-9-15)16(19-17)14-5-4-12(3)18-10-14/h4-11,16,19H,17H2,1-3H3. The van der Waals surface area contributed by atoms with Crippen LogP contribution in [0, 0.1) is 6.92 Å². The fraction of sp³-hybridized carbons (Fsp3) is 0.312. The minimum absolute atomic E-state index is 0.0730. The molecular formula is C16H21N3O. The molecule has 2 aromatic rings. The lowest BCUT2D eigenvalue weighted by molar-refractivity contribution is 0.242. The van der Waals surface area contributed by atoms with Crippen molar-refractivity contribution in [2.75, 3.05) is 0 Å². The average Bonchev–Trinajstić information content (AvgIpc) is 2.43. The van der Waals surface area contributed by atoms with Crippen LogP contribution in [0.4, 0.5) is 0 Å². The van der Waals surface area contributed by atoms with Crippen molar-refractivity contribution in [1.82, 2.24) is 10.4 Å². The van der Waals surface area contributed by atoms with Gasteiger partial charge in [-0.05, 0) is 50.1 Å². The van der Waals surface area contributed by atoms with Gasteiger partial charge in [0.05, 0.1) is 12.1 Å². The number of nitrogens with one attached hydrogen (secondary N) is 1. The summed E-state index contributed by atoms with van der Waals surface area (Å²) in [6.07, 6.45) is 2.02. The zero-order valence-electron chi connectivity index (χ0n) is 12.1. The van der Waals surface area contributed by atoms with Gasteiger partial charge in [-0.1, -0.05) is 18.2 Å². The maximum Gasteiger partial charge on any atom is 0.119 e. The van der Waals surface area contributed by atoms with Crippen molar-refractivity contribution < 1.29 is 4.74 Å². The van der Waals surface area contributed by atoms with E-state index in [1.54, 1.807) is 0 Å². The lowest BCUT2D eigenvalue weighted by atomic mass is 10.0. The van der Waals surface area contributed by atoms with Gasteiger partial charge in [-0.3, -0.25) is 10.8 Å². The monoisotopic (exact) mass is 271 g/mol. The highest BCUT2D eigenvalue weighted by Gasteiger charge is 2.12. The first kappa shape index (κ1) is 14.5. The Morgan fingerprint density at radius 2 is 1.70 bits per heavy atom. The topological polar surface area (TPSA) is 60.2 Å². The minimum Gasteiger partial charge on any atom is -0.491 e. The van der Waals surface area contributed by atoms with Crippen LogP contribution < -0.4 is 16.0 Å². The minimum atomic E-state index is -0.0730. The molecule has 4 heteroatoms.